The predicted octanol–water partition coefficient (Wildman–Crippen LogP) is 1.66. The highest BCUT2D eigenvalue weighted by Crippen LogP contribution is 2.25. The second-order valence-corrected chi connectivity index (χ2v) is 3.89. The number of benzene rings is 1. The van der Waals surface area contributed by atoms with Crippen LogP contribution in [0.2, 0.25) is 0 Å². The molecule has 0 radical (unpaired) electrons. The van der Waals surface area contributed by atoms with E-state index in [0.717, 1.165) is 5.56 Å². The van der Waals surface area contributed by atoms with E-state index in [0.29, 0.717) is 25.2 Å². The van der Waals surface area contributed by atoms with Gasteiger partial charge in [0.2, 0.25) is 5.91 Å². The Balaban J connectivity index is 2.08. The summed E-state index contributed by atoms with van der Waals surface area (Å²) in [4.78, 5) is 11.2. The molecule has 0 spiro atoms. The zero-order chi connectivity index (χ0) is 11.5. The molecular weight excluding hydrogens is 209 g/mol. The fourth-order valence-electron chi connectivity index (χ4n) is 1.79. The normalized spacial score (nSPS) is 18.5. The van der Waals surface area contributed by atoms with Crippen LogP contribution in [0.15, 0.2) is 18.2 Å². The van der Waals surface area contributed by atoms with Crippen molar-refractivity contribution in [3.05, 3.63) is 29.6 Å². The van der Waals surface area contributed by atoms with Gasteiger partial charge in [-0.05, 0) is 30.2 Å². The smallest absolute Gasteiger partial charge is 0.220 e. The van der Waals surface area contributed by atoms with Gasteiger partial charge in [-0.15, -0.1) is 0 Å². The Kier molecular flexibility index (Phi) is 3.08. The monoisotopic (exact) mass is 223 g/mol. The lowest BCUT2D eigenvalue weighted by Crippen LogP contribution is -2.42. The summed E-state index contributed by atoms with van der Waals surface area (Å²) >= 11 is 0. The molecule has 0 fully saturated rings. The lowest BCUT2D eigenvalue weighted by Gasteiger charge is -2.25. The molecule has 0 unspecified atom stereocenters. The minimum atomic E-state index is -0.273. The van der Waals surface area contributed by atoms with Gasteiger partial charge in [-0.25, -0.2) is 4.39 Å². The molecule has 0 saturated heterocycles. The summed E-state index contributed by atoms with van der Waals surface area (Å²) in [7, 11) is 0. The lowest BCUT2D eigenvalue weighted by atomic mass is 10.0. The van der Waals surface area contributed by atoms with Gasteiger partial charge in [0.25, 0.3) is 0 Å². The molecule has 0 aromatic heterocycles. The van der Waals surface area contributed by atoms with Crippen LogP contribution in [-0.4, -0.2) is 18.6 Å². The standard InChI is InChI=1S/C12H14FNO2/c1-2-12(15)14-10-6-8-5-9(13)3-4-11(8)16-7-10/h3-5,10H,2,6-7H2,1H3,(H,14,15)/t10-/m1/s1. The Labute approximate surface area is 93.6 Å². The number of carbonyl (C=O) groups is 1. The molecule has 4 heteroatoms. The van der Waals surface area contributed by atoms with E-state index in [1.807, 2.05) is 0 Å². The first-order chi connectivity index (χ1) is 7.69. The van der Waals surface area contributed by atoms with Crippen molar-refractivity contribution < 1.29 is 13.9 Å². The number of ether oxygens (including phenoxy) is 1. The molecule has 1 amide bonds. The minimum Gasteiger partial charge on any atom is -0.491 e. The molecule has 1 aliphatic rings. The van der Waals surface area contributed by atoms with Crippen LogP contribution in [0.3, 0.4) is 0 Å². The van der Waals surface area contributed by atoms with E-state index in [-0.39, 0.29) is 17.8 Å². The summed E-state index contributed by atoms with van der Waals surface area (Å²) in [5.74, 6) is 0.432. The Morgan fingerprint density at radius 3 is 3.19 bits per heavy atom. The summed E-state index contributed by atoms with van der Waals surface area (Å²) in [5.41, 5.74) is 0.813. The van der Waals surface area contributed by atoms with Crippen LogP contribution in [0.1, 0.15) is 18.9 Å². The van der Waals surface area contributed by atoms with Gasteiger partial charge in [0, 0.05) is 6.42 Å². The number of nitrogens with one attached hydrogen (secondary N) is 1. The van der Waals surface area contributed by atoms with E-state index in [2.05, 4.69) is 5.32 Å². The van der Waals surface area contributed by atoms with Crippen molar-refractivity contribution in [3.63, 3.8) is 0 Å². The maximum atomic E-state index is 13.0. The van der Waals surface area contributed by atoms with E-state index in [1.54, 1.807) is 13.0 Å². The Hall–Kier alpha value is -1.58. The van der Waals surface area contributed by atoms with Crippen LogP contribution in [0, 0.1) is 5.82 Å². The van der Waals surface area contributed by atoms with Gasteiger partial charge >= 0.3 is 0 Å². The molecular formula is C12H14FNO2. The second kappa shape index (κ2) is 4.51. The molecule has 1 atom stereocenters. The molecule has 1 N–H and O–H groups in total. The number of amides is 1. The number of halogens is 1. The molecule has 0 bridgehead atoms. The SMILES string of the molecule is CCC(=O)N[C@H]1COc2ccc(F)cc2C1. The summed E-state index contributed by atoms with van der Waals surface area (Å²) in [6.07, 6.45) is 1.07. The summed E-state index contributed by atoms with van der Waals surface area (Å²) in [6, 6.07) is 4.41. The third-order valence-electron chi connectivity index (χ3n) is 2.62. The van der Waals surface area contributed by atoms with Crippen molar-refractivity contribution in [2.75, 3.05) is 6.61 Å². The highest BCUT2D eigenvalue weighted by Gasteiger charge is 2.21. The summed E-state index contributed by atoms with van der Waals surface area (Å²) < 4.78 is 18.5. The van der Waals surface area contributed by atoms with Crippen LogP contribution >= 0.6 is 0 Å². The number of hydrogen-bond acceptors (Lipinski definition) is 2. The summed E-state index contributed by atoms with van der Waals surface area (Å²) in [6.45, 7) is 2.25. The molecule has 1 aromatic rings. The lowest BCUT2D eigenvalue weighted by molar-refractivity contribution is -0.121. The Morgan fingerprint density at radius 2 is 2.44 bits per heavy atom. The van der Waals surface area contributed by atoms with Crippen molar-refractivity contribution in [1.29, 1.82) is 0 Å². The number of hydrogen-bond donors (Lipinski definition) is 1. The average molecular weight is 223 g/mol. The van der Waals surface area contributed by atoms with Crippen molar-refractivity contribution in [2.45, 2.75) is 25.8 Å². The largest absolute Gasteiger partial charge is 0.491 e. The molecule has 2 rings (SSSR count). The zero-order valence-corrected chi connectivity index (χ0v) is 9.13. The highest BCUT2D eigenvalue weighted by atomic mass is 19.1. The molecule has 86 valence electrons. The fraction of sp³-hybridized carbons (Fsp3) is 0.417. The van der Waals surface area contributed by atoms with E-state index < -0.39 is 0 Å². The Morgan fingerprint density at radius 1 is 1.62 bits per heavy atom. The first-order valence-corrected chi connectivity index (χ1v) is 5.39. The third kappa shape index (κ3) is 2.32. The van der Waals surface area contributed by atoms with Gasteiger partial charge in [-0.3, -0.25) is 4.79 Å². The maximum Gasteiger partial charge on any atom is 0.220 e. The first-order valence-electron chi connectivity index (χ1n) is 5.39. The molecule has 1 aliphatic heterocycles. The van der Waals surface area contributed by atoms with Gasteiger partial charge < -0.3 is 10.1 Å². The first kappa shape index (κ1) is 10.9. The quantitative estimate of drug-likeness (QED) is 0.828. The molecule has 16 heavy (non-hydrogen) atoms. The topological polar surface area (TPSA) is 38.3 Å². The van der Waals surface area contributed by atoms with Crippen LogP contribution < -0.4 is 10.1 Å². The Bertz CT molecular complexity index is 406. The predicted molar refractivity (Wildman–Crippen MR) is 57.8 cm³/mol. The number of rotatable bonds is 2. The maximum absolute atomic E-state index is 13.0. The molecule has 0 aliphatic carbocycles. The number of fused-ring (bicyclic) bond motifs is 1. The van der Waals surface area contributed by atoms with Crippen molar-refractivity contribution in [3.8, 4) is 5.75 Å². The van der Waals surface area contributed by atoms with Gasteiger partial charge in [-0.2, -0.15) is 0 Å². The molecule has 3 nitrogen and oxygen atoms in total. The molecule has 1 heterocycles. The van der Waals surface area contributed by atoms with Crippen molar-refractivity contribution in [1.82, 2.24) is 5.32 Å². The van der Waals surface area contributed by atoms with Gasteiger partial charge in [-0.1, -0.05) is 6.92 Å². The van der Waals surface area contributed by atoms with Gasteiger partial charge in [0.1, 0.15) is 18.2 Å². The summed E-state index contributed by atoms with van der Waals surface area (Å²) in [5, 5.41) is 2.84. The van der Waals surface area contributed by atoms with E-state index in [1.165, 1.54) is 12.1 Å². The van der Waals surface area contributed by atoms with Gasteiger partial charge in [0.15, 0.2) is 0 Å². The van der Waals surface area contributed by atoms with Crippen LogP contribution in [0.25, 0.3) is 0 Å². The second-order valence-electron chi connectivity index (χ2n) is 3.89. The van der Waals surface area contributed by atoms with E-state index >= 15 is 0 Å². The molecule has 1 aromatic carbocycles. The van der Waals surface area contributed by atoms with Crippen molar-refractivity contribution in [2.24, 2.45) is 0 Å². The van der Waals surface area contributed by atoms with Gasteiger partial charge in [0.05, 0.1) is 6.04 Å². The van der Waals surface area contributed by atoms with Crippen molar-refractivity contribution >= 4 is 5.91 Å². The highest BCUT2D eigenvalue weighted by molar-refractivity contribution is 5.75. The minimum absolute atomic E-state index is 0.00606. The zero-order valence-electron chi connectivity index (χ0n) is 9.13. The third-order valence-corrected chi connectivity index (χ3v) is 2.62. The molecule has 0 saturated carbocycles. The van der Waals surface area contributed by atoms with E-state index in [4.69, 9.17) is 4.74 Å². The average Bonchev–Trinajstić information content (AvgIpc) is 2.28. The fourth-order valence-corrected chi connectivity index (χ4v) is 1.79. The van der Waals surface area contributed by atoms with Crippen LogP contribution in [0.5, 0.6) is 5.75 Å². The van der Waals surface area contributed by atoms with Crippen LogP contribution in [-0.2, 0) is 11.2 Å². The number of carbonyl (C=O) groups excluding carboxylic acids is 1. The van der Waals surface area contributed by atoms with E-state index in [9.17, 15) is 9.18 Å². The van der Waals surface area contributed by atoms with Crippen LogP contribution in [0.4, 0.5) is 4.39 Å².